The third-order valence-corrected chi connectivity index (χ3v) is 4.90. The lowest BCUT2D eigenvalue weighted by atomic mass is 9.95. The van der Waals surface area contributed by atoms with E-state index in [-0.39, 0.29) is 18.5 Å². The Bertz CT molecular complexity index is 1190. The number of benzene rings is 1. The van der Waals surface area contributed by atoms with E-state index in [0.29, 0.717) is 28.1 Å². The Kier molecular flexibility index (Phi) is 6.08. The zero-order chi connectivity index (χ0) is 22.7. The Morgan fingerprint density at radius 3 is 2.45 bits per heavy atom. The van der Waals surface area contributed by atoms with Crippen LogP contribution in [0, 0.1) is 29.6 Å². The summed E-state index contributed by atoms with van der Waals surface area (Å²) in [5.41, 5.74) is 11.1. The van der Waals surface area contributed by atoms with Crippen molar-refractivity contribution in [3.63, 3.8) is 0 Å². The molecular formula is C24H22N4O3. The SMILES string of the molecule is CC1=C(C#N)c2nc(N)c(C#N)c(C)c2/C1=C\c1ccc(OCC(=O)OC(C)C)cc1. The van der Waals surface area contributed by atoms with Gasteiger partial charge < -0.3 is 15.2 Å². The van der Waals surface area contributed by atoms with Gasteiger partial charge in [0.2, 0.25) is 0 Å². The van der Waals surface area contributed by atoms with Crippen molar-refractivity contribution in [1.29, 1.82) is 10.5 Å². The van der Waals surface area contributed by atoms with Crippen LogP contribution in [-0.2, 0) is 9.53 Å². The van der Waals surface area contributed by atoms with Gasteiger partial charge >= 0.3 is 5.97 Å². The van der Waals surface area contributed by atoms with E-state index in [1.54, 1.807) is 26.0 Å². The quantitative estimate of drug-likeness (QED) is 0.733. The third-order valence-electron chi connectivity index (χ3n) is 4.90. The summed E-state index contributed by atoms with van der Waals surface area (Å²) in [6.45, 7) is 7.06. The van der Waals surface area contributed by atoms with E-state index < -0.39 is 5.97 Å². The second-order valence-electron chi connectivity index (χ2n) is 7.40. The maximum absolute atomic E-state index is 11.6. The van der Waals surface area contributed by atoms with Gasteiger partial charge in [-0.25, -0.2) is 9.78 Å². The summed E-state index contributed by atoms with van der Waals surface area (Å²) in [6.07, 6.45) is 1.74. The van der Waals surface area contributed by atoms with E-state index in [1.165, 1.54) is 0 Å². The Morgan fingerprint density at radius 2 is 1.87 bits per heavy atom. The fourth-order valence-corrected chi connectivity index (χ4v) is 3.46. The van der Waals surface area contributed by atoms with Gasteiger partial charge in [-0.15, -0.1) is 0 Å². The van der Waals surface area contributed by atoms with Crippen molar-refractivity contribution >= 4 is 29.0 Å². The van der Waals surface area contributed by atoms with Crippen LogP contribution in [0.25, 0.3) is 17.2 Å². The number of esters is 1. The molecule has 0 unspecified atom stereocenters. The molecule has 0 radical (unpaired) electrons. The number of nitrogens with two attached hydrogens (primary N) is 1. The van der Waals surface area contributed by atoms with Gasteiger partial charge in [-0.2, -0.15) is 10.5 Å². The second kappa shape index (κ2) is 8.73. The van der Waals surface area contributed by atoms with Crippen LogP contribution in [0.2, 0.25) is 0 Å². The van der Waals surface area contributed by atoms with Crippen LogP contribution in [0.4, 0.5) is 5.82 Å². The first kappa shape index (κ1) is 21.6. The number of carbonyl (C=O) groups is 1. The van der Waals surface area contributed by atoms with Gasteiger partial charge in [0.05, 0.1) is 22.9 Å². The van der Waals surface area contributed by atoms with E-state index in [2.05, 4.69) is 17.1 Å². The molecule has 0 saturated heterocycles. The zero-order valence-corrected chi connectivity index (χ0v) is 17.8. The van der Waals surface area contributed by atoms with Gasteiger partial charge in [-0.05, 0) is 68.2 Å². The molecule has 156 valence electrons. The Labute approximate surface area is 181 Å². The minimum atomic E-state index is -0.427. The van der Waals surface area contributed by atoms with Gasteiger partial charge in [0.1, 0.15) is 23.7 Å². The first-order valence-corrected chi connectivity index (χ1v) is 9.73. The number of rotatable bonds is 5. The van der Waals surface area contributed by atoms with Gasteiger partial charge in [-0.3, -0.25) is 0 Å². The van der Waals surface area contributed by atoms with Crippen molar-refractivity contribution in [2.24, 2.45) is 0 Å². The van der Waals surface area contributed by atoms with Crippen molar-refractivity contribution in [3.05, 3.63) is 57.8 Å². The highest BCUT2D eigenvalue weighted by Gasteiger charge is 2.29. The summed E-state index contributed by atoms with van der Waals surface area (Å²) < 4.78 is 10.5. The van der Waals surface area contributed by atoms with E-state index in [1.807, 2.05) is 32.1 Å². The summed E-state index contributed by atoms with van der Waals surface area (Å²) in [7, 11) is 0. The average molecular weight is 414 g/mol. The molecule has 1 aromatic carbocycles. The second-order valence-corrected chi connectivity index (χ2v) is 7.40. The molecule has 31 heavy (non-hydrogen) atoms. The molecule has 2 aromatic rings. The number of ether oxygens (including phenoxy) is 2. The summed E-state index contributed by atoms with van der Waals surface area (Å²) in [5.74, 6) is 0.235. The van der Waals surface area contributed by atoms with Gasteiger partial charge in [0, 0.05) is 5.56 Å². The first-order chi connectivity index (χ1) is 14.8. The molecule has 0 saturated carbocycles. The Morgan fingerprint density at radius 1 is 1.19 bits per heavy atom. The molecule has 3 rings (SSSR count). The molecule has 0 fully saturated rings. The van der Waals surface area contributed by atoms with Crippen LogP contribution in [0.1, 0.15) is 48.7 Å². The van der Waals surface area contributed by atoms with Crippen LogP contribution in [-0.4, -0.2) is 23.7 Å². The topological polar surface area (TPSA) is 122 Å². The molecular weight excluding hydrogens is 392 g/mol. The molecule has 1 aromatic heterocycles. The minimum absolute atomic E-state index is 0.123. The van der Waals surface area contributed by atoms with Crippen molar-refractivity contribution in [2.75, 3.05) is 12.3 Å². The Balaban J connectivity index is 1.93. The predicted molar refractivity (Wildman–Crippen MR) is 117 cm³/mol. The number of hydrogen-bond acceptors (Lipinski definition) is 7. The molecule has 1 aliphatic rings. The van der Waals surface area contributed by atoms with Crippen LogP contribution in [0.15, 0.2) is 29.8 Å². The fourth-order valence-electron chi connectivity index (χ4n) is 3.46. The fraction of sp³-hybridized carbons (Fsp3) is 0.250. The molecule has 0 aliphatic heterocycles. The highest BCUT2D eigenvalue weighted by molar-refractivity contribution is 6.08. The van der Waals surface area contributed by atoms with Crippen LogP contribution < -0.4 is 10.5 Å². The van der Waals surface area contributed by atoms with Gasteiger partial charge in [-0.1, -0.05) is 12.1 Å². The van der Waals surface area contributed by atoms with Crippen molar-refractivity contribution in [2.45, 2.75) is 33.8 Å². The lowest BCUT2D eigenvalue weighted by molar-refractivity contribution is -0.149. The number of fused-ring (bicyclic) bond motifs is 1. The monoisotopic (exact) mass is 414 g/mol. The lowest BCUT2D eigenvalue weighted by Gasteiger charge is -2.11. The molecule has 1 aliphatic carbocycles. The van der Waals surface area contributed by atoms with E-state index in [0.717, 1.165) is 22.3 Å². The zero-order valence-electron chi connectivity index (χ0n) is 17.8. The largest absolute Gasteiger partial charge is 0.482 e. The maximum atomic E-state index is 11.6. The normalized spacial score (nSPS) is 13.7. The van der Waals surface area contributed by atoms with Crippen molar-refractivity contribution in [3.8, 4) is 17.9 Å². The van der Waals surface area contributed by atoms with E-state index in [4.69, 9.17) is 15.2 Å². The van der Waals surface area contributed by atoms with Gasteiger partial charge in [0.15, 0.2) is 6.61 Å². The van der Waals surface area contributed by atoms with Crippen LogP contribution in [0.3, 0.4) is 0 Å². The average Bonchev–Trinajstić information content (AvgIpc) is 2.98. The highest BCUT2D eigenvalue weighted by atomic mass is 16.6. The number of anilines is 1. The summed E-state index contributed by atoms with van der Waals surface area (Å²) in [6, 6.07) is 11.5. The molecule has 7 nitrogen and oxygen atoms in total. The van der Waals surface area contributed by atoms with Crippen LogP contribution in [0.5, 0.6) is 5.75 Å². The molecule has 2 N–H and O–H groups in total. The number of nitriles is 2. The van der Waals surface area contributed by atoms with E-state index in [9.17, 15) is 15.3 Å². The third kappa shape index (κ3) is 4.26. The maximum Gasteiger partial charge on any atom is 0.344 e. The van der Waals surface area contributed by atoms with E-state index >= 15 is 0 Å². The van der Waals surface area contributed by atoms with Gasteiger partial charge in [0.25, 0.3) is 0 Å². The van der Waals surface area contributed by atoms with Crippen molar-refractivity contribution in [1.82, 2.24) is 4.98 Å². The minimum Gasteiger partial charge on any atom is -0.482 e. The highest BCUT2D eigenvalue weighted by Crippen LogP contribution is 2.44. The number of nitrogens with zero attached hydrogens (tertiary/aromatic N) is 3. The summed E-state index contributed by atoms with van der Waals surface area (Å²) >= 11 is 0. The Hall–Kier alpha value is -4.10. The number of nitrogen functional groups attached to an aromatic ring is 1. The standard InChI is InChI=1S/C24H22N4O3/c1-13(2)31-21(29)12-30-17-7-5-16(6-8-17)9-18-14(3)19(10-25)23-22(18)15(4)20(11-26)24(27)28-23/h5-9,13H,12H2,1-4H3,(H2,27,28)/b18-9-. The molecule has 0 amide bonds. The van der Waals surface area contributed by atoms with Crippen LogP contribution >= 0.6 is 0 Å². The van der Waals surface area contributed by atoms with Crippen molar-refractivity contribution < 1.29 is 14.3 Å². The summed E-state index contributed by atoms with van der Waals surface area (Å²) in [5, 5.41) is 19.1. The number of hydrogen-bond donors (Lipinski definition) is 1. The molecule has 0 spiro atoms. The number of pyridine rings is 1. The number of carbonyl (C=O) groups excluding carboxylic acids is 1. The lowest BCUT2D eigenvalue weighted by Crippen LogP contribution is -2.18. The predicted octanol–water partition coefficient (Wildman–Crippen LogP) is 4.03. The first-order valence-electron chi connectivity index (χ1n) is 9.73. The molecule has 0 atom stereocenters. The molecule has 1 heterocycles. The summed E-state index contributed by atoms with van der Waals surface area (Å²) in [4.78, 5) is 15.9. The number of aromatic nitrogens is 1. The smallest absolute Gasteiger partial charge is 0.344 e. The number of allylic oxidation sites excluding steroid dienone is 3. The molecule has 0 bridgehead atoms. The molecule has 7 heteroatoms.